The number of amides is 1. The van der Waals surface area contributed by atoms with Crippen molar-refractivity contribution in [1.29, 1.82) is 0 Å². The highest BCUT2D eigenvalue weighted by atomic mass is 35.5. The lowest BCUT2D eigenvalue weighted by Crippen LogP contribution is -2.38. The Morgan fingerprint density at radius 2 is 1.69 bits per heavy atom. The minimum absolute atomic E-state index is 0.00338. The summed E-state index contributed by atoms with van der Waals surface area (Å²) in [4.78, 5) is 42.1. The SMILES string of the molecule is Cc1cc(C)nc(-c2cc(=O)n(-c3ccc(Cl)c4c(NS(C)(=O)=O)nn(C)c34)c([C@H](Cc3cc(F)cc(F)c3)NC(=O)Cn3nc(C(F)F)c4c3C(F)(F)[C@@H]3C[C@H]43)n2)n1. The van der Waals surface area contributed by atoms with Gasteiger partial charge in [-0.25, -0.2) is 40.9 Å². The van der Waals surface area contributed by atoms with E-state index in [-0.39, 0.29) is 62.3 Å². The molecule has 0 unspecified atom stereocenters. The van der Waals surface area contributed by atoms with Crippen molar-refractivity contribution in [3.8, 4) is 17.2 Å². The highest BCUT2D eigenvalue weighted by Crippen LogP contribution is 2.68. The van der Waals surface area contributed by atoms with Crippen LogP contribution in [0, 0.1) is 31.4 Å². The average Bonchev–Trinajstić information content (AvgIpc) is 3.66. The van der Waals surface area contributed by atoms with Crippen molar-refractivity contribution in [1.82, 2.24) is 44.4 Å². The van der Waals surface area contributed by atoms with Crippen molar-refractivity contribution in [3.05, 3.63) is 109 Å². The zero-order valence-electron chi connectivity index (χ0n) is 31.2. The fraction of sp³-hybridized carbons (Fsp3) is 0.324. The number of benzene rings is 2. The summed E-state index contributed by atoms with van der Waals surface area (Å²) >= 11 is 6.57. The molecule has 0 bridgehead atoms. The third-order valence-corrected chi connectivity index (χ3v) is 10.9. The van der Waals surface area contributed by atoms with Crippen molar-refractivity contribution in [2.75, 3.05) is 11.0 Å². The number of anilines is 1. The molecule has 4 aromatic heterocycles. The minimum atomic E-state index is -3.90. The predicted octanol–water partition coefficient (Wildman–Crippen LogP) is 5.94. The van der Waals surface area contributed by atoms with Gasteiger partial charge in [-0.15, -0.1) is 0 Å². The number of alkyl halides is 4. The van der Waals surface area contributed by atoms with Crippen LogP contribution in [0.5, 0.6) is 0 Å². The molecular weight excluding hydrogens is 830 g/mol. The third-order valence-electron chi connectivity index (χ3n) is 10.1. The lowest BCUT2D eigenvalue weighted by atomic mass is 10.0. The summed E-state index contributed by atoms with van der Waals surface area (Å²) in [5, 5.41) is 10.7. The first-order valence-electron chi connectivity index (χ1n) is 17.8. The molecule has 8 rings (SSSR count). The van der Waals surface area contributed by atoms with E-state index < -0.39 is 87.7 Å². The smallest absolute Gasteiger partial charge is 0.293 e. The first kappa shape index (κ1) is 40.0. The quantitative estimate of drug-likeness (QED) is 0.150. The van der Waals surface area contributed by atoms with Gasteiger partial charge < -0.3 is 5.32 Å². The van der Waals surface area contributed by atoms with Crippen LogP contribution in [-0.4, -0.2) is 59.7 Å². The molecule has 0 saturated heterocycles. The topological polar surface area (TPSA) is 172 Å². The van der Waals surface area contributed by atoms with Gasteiger partial charge in [0.25, 0.3) is 17.9 Å². The van der Waals surface area contributed by atoms with E-state index >= 15 is 8.78 Å². The lowest BCUT2D eigenvalue weighted by molar-refractivity contribution is -0.123. The van der Waals surface area contributed by atoms with Gasteiger partial charge in [-0.1, -0.05) is 11.6 Å². The van der Waals surface area contributed by atoms with Crippen molar-refractivity contribution in [2.45, 2.75) is 57.5 Å². The van der Waals surface area contributed by atoms with Crippen molar-refractivity contribution < 1.29 is 39.6 Å². The molecule has 2 aliphatic rings. The summed E-state index contributed by atoms with van der Waals surface area (Å²) in [7, 11) is -2.46. The van der Waals surface area contributed by atoms with E-state index in [1.165, 1.54) is 23.9 Å². The first-order valence-corrected chi connectivity index (χ1v) is 20.1. The molecule has 2 aliphatic carbocycles. The molecule has 1 amide bonds. The van der Waals surface area contributed by atoms with Gasteiger partial charge in [0.2, 0.25) is 15.9 Å². The third kappa shape index (κ3) is 7.29. The fourth-order valence-corrected chi connectivity index (χ4v) is 8.58. The Hall–Kier alpha value is -5.83. The van der Waals surface area contributed by atoms with E-state index in [0.717, 1.165) is 29.0 Å². The normalized spacial score (nSPS) is 17.3. The molecule has 0 radical (unpaired) electrons. The number of sulfonamides is 1. The number of nitrogens with zero attached hydrogens (tertiary/aromatic N) is 8. The predicted molar refractivity (Wildman–Crippen MR) is 201 cm³/mol. The standard InChI is InChI=1S/C37H31ClF6N10O4S/c1-15-7-16(2)46-34(45-15)23-13-27(56)54(25-6-5-22(38)29-31(25)52(3)50-35(29)51-59(4,57)58)36(48-23)24(10-17-8-18(39)11-19(40)9-17)47-26(55)14-53-32-28(30(49-53)33(41)42)20-12-21(20)37(32,43)44/h5-9,11,13,20-21,24,33H,10,12,14H2,1-4H3,(H,47,55)(H,50,51)/t20-,21+,24-/m0/s1. The van der Waals surface area contributed by atoms with E-state index in [9.17, 15) is 35.6 Å². The maximum atomic E-state index is 15.5. The van der Waals surface area contributed by atoms with E-state index in [1.54, 1.807) is 19.9 Å². The van der Waals surface area contributed by atoms with Crippen molar-refractivity contribution >= 4 is 44.3 Å². The molecule has 1 saturated carbocycles. The molecule has 4 heterocycles. The lowest BCUT2D eigenvalue weighted by Gasteiger charge is -2.24. The zero-order chi connectivity index (χ0) is 42.5. The number of halogens is 7. The highest BCUT2D eigenvalue weighted by molar-refractivity contribution is 7.92. The molecule has 14 nitrogen and oxygen atoms in total. The summed E-state index contributed by atoms with van der Waals surface area (Å²) in [6, 6.07) is 6.51. The second-order valence-corrected chi connectivity index (χ2v) is 16.7. The Morgan fingerprint density at radius 1 is 1.02 bits per heavy atom. The van der Waals surface area contributed by atoms with Crippen LogP contribution >= 0.6 is 11.6 Å². The summed E-state index contributed by atoms with van der Waals surface area (Å²) in [6.45, 7) is 2.36. The van der Waals surface area contributed by atoms with E-state index in [1.807, 2.05) is 0 Å². The monoisotopic (exact) mass is 860 g/mol. The largest absolute Gasteiger partial charge is 0.344 e. The fourth-order valence-electron chi connectivity index (χ4n) is 7.84. The second-order valence-electron chi connectivity index (χ2n) is 14.6. The van der Waals surface area contributed by atoms with E-state index in [2.05, 4.69) is 30.2 Å². The van der Waals surface area contributed by atoms with Crippen LogP contribution in [0.3, 0.4) is 0 Å². The van der Waals surface area contributed by atoms with Gasteiger partial charge in [0.05, 0.1) is 33.9 Å². The van der Waals surface area contributed by atoms with Crippen LogP contribution in [-0.2, 0) is 40.8 Å². The highest BCUT2D eigenvalue weighted by Gasteiger charge is 2.67. The number of aryl methyl sites for hydroxylation is 3. The first-order chi connectivity index (χ1) is 27.7. The van der Waals surface area contributed by atoms with Crippen molar-refractivity contribution in [2.24, 2.45) is 13.0 Å². The number of nitrogens with one attached hydrogen (secondary N) is 2. The minimum Gasteiger partial charge on any atom is -0.344 e. The molecule has 0 spiro atoms. The Morgan fingerprint density at radius 3 is 2.34 bits per heavy atom. The molecule has 59 heavy (non-hydrogen) atoms. The summed E-state index contributed by atoms with van der Waals surface area (Å²) in [6.07, 6.45) is -2.80. The second kappa shape index (κ2) is 14.2. The van der Waals surface area contributed by atoms with Crippen LogP contribution < -0.4 is 15.6 Å². The van der Waals surface area contributed by atoms with Crippen LogP contribution in [0.4, 0.5) is 32.2 Å². The van der Waals surface area contributed by atoms with Gasteiger partial charge in [-0.3, -0.25) is 28.2 Å². The Bertz CT molecular complexity index is 2880. The van der Waals surface area contributed by atoms with Gasteiger partial charge in [0.15, 0.2) is 11.6 Å². The molecule has 3 atom stereocenters. The van der Waals surface area contributed by atoms with Crippen LogP contribution in [0.25, 0.3) is 28.1 Å². The number of rotatable bonds is 11. The molecule has 1 fully saturated rings. The Balaban J connectivity index is 1.33. The van der Waals surface area contributed by atoms with E-state index in [4.69, 9.17) is 16.6 Å². The number of fused-ring (bicyclic) bond motifs is 4. The molecular formula is C37H31ClF6N10O4S. The van der Waals surface area contributed by atoms with Gasteiger partial charge in [0.1, 0.15) is 41.1 Å². The number of hydrogen-bond acceptors (Lipinski definition) is 9. The van der Waals surface area contributed by atoms with Gasteiger partial charge in [0, 0.05) is 48.5 Å². The summed E-state index contributed by atoms with van der Waals surface area (Å²) < 4.78 is 118. The average molecular weight is 861 g/mol. The Labute approximate surface area is 335 Å². The van der Waals surface area contributed by atoms with Gasteiger partial charge in [-0.2, -0.15) is 19.0 Å². The number of carbonyl (C=O) groups is 1. The van der Waals surface area contributed by atoms with Crippen LogP contribution in [0.1, 0.15) is 64.5 Å². The van der Waals surface area contributed by atoms with E-state index in [0.29, 0.717) is 22.1 Å². The molecule has 6 aromatic rings. The summed E-state index contributed by atoms with van der Waals surface area (Å²) in [5.74, 6) is -9.13. The molecule has 2 N–H and O–H groups in total. The maximum absolute atomic E-state index is 15.5. The zero-order valence-corrected chi connectivity index (χ0v) is 32.8. The number of aromatic nitrogens is 8. The van der Waals surface area contributed by atoms with Crippen LogP contribution in [0.2, 0.25) is 5.02 Å². The molecule has 308 valence electrons. The molecule has 0 aliphatic heterocycles. The summed E-state index contributed by atoms with van der Waals surface area (Å²) in [5.41, 5.74) is -1.80. The number of hydrogen-bond donors (Lipinski definition) is 2. The van der Waals surface area contributed by atoms with Gasteiger partial charge >= 0.3 is 0 Å². The van der Waals surface area contributed by atoms with Gasteiger partial charge in [-0.05, 0) is 62.1 Å². The number of carbonyl (C=O) groups excluding carboxylic acids is 1. The molecule has 22 heteroatoms. The molecule has 2 aromatic carbocycles. The van der Waals surface area contributed by atoms with Crippen molar-refractivity contribution in [3.63, 3.8) is 0 Å². The Kier molecular flexibility index (Phi) is 9.60. The maximum Gasteiger partial charge on any atom is 0.293 e. The van der Waals surface area contributed by atoms with Crippen LogP contribution in [0.15, 0.2) is 47.3 Å².